The fourth-order valence-electron chi connectivity index (χ4n) is 3.25. The third-order valence-corrected chi connectivity index (χ3v) is 5.60. The van der Waals surface area contributed by atoms with Crippen molar-refractivity contribution in [1.82, 2.24) is 9.47 Å². The van der Waals surface area contributed by atoms with E-state index in [1.165, 1.54) is 17.0 Å². The fourth-order valence-corrected chi connectivity index (χ4v) is 4.07. The maximum Gasteiger partial charge on any atom is 0.293 e. The Morgan fingerprint density at radius 2 is 1.83 bits per heavy atom. The number of carbonyl (C=O) groups is 2. The van der Waals surface area contributed by atoms with Crippen LogP contribution in [0.2, 0.25) is 0 Å². The van der Waals surface area contributed by atoms with E-state index in [9.17, 15) is 19.7 Å². The van der Waals surface area contributed by atoms with Crippen LogP contribution in [0.3, 0.4) is 0 Å². The van der Waals surface area contributed by atoms with Gasteiger partial charge in [-0.05, 0) is 54.6 Å². The summed E-state index contributed by atoms with van der Waals surface area (Å²) in [6, 6.07) is 17.5. The summed E-state index contributed by atoms with van der Waals surface area (Å²) >= 11 is 0.910. The lowest BCUT2D eigenvalue weighted by molar-refractivity contribution is -0.384. The molecule has 8 heteroatoms. The van der Waals surface area contributed by atoms with Crippen LogP contribution in [-0.4, -0.2) is 25.5 Å². The van der Waals surface area contributed by atoms with Crippen LogP contribution < -0.4 is 0 Å². The molecule has 30 heavy (non-hydrogen) atoms. The lowest BCUT2D eigenvalue weighted by Gasteiger charge is -2.12. The second kappa shape index (κ2) is 8.00. The summed E-state index contributed by atoms with van der Waals surface area (Å²) in [5.74, 6) is -0.331. The standard InChI is InChI=1S/C22H17N3O4S/c1-15-4-2-5-16(12-15)14-24-21(26)20(30-22(24)27)13-19-6-3-11-23(19)17-7-9-18(10-8-17)25(28)29/h2-13H,14H2,1H3/b20-13-. The van der Waals surface area contributed by atoms with Crippen LogP contribution in [0.5, 0.6) is 0 Å². The topological polar surface area (TPSA) is 85.4 Å². The van der Waals surface area contributed by atoms with Gasteiger partial charge in [0, 0.05) is 29.7 Å². The molecule has 4 rings (SSSR count). The van der Waals surface area contributed by atoms with E-state index in [1.807, 2.05) is 43.3 Å². The Morgan fingerprint density at radius 3 is 2.53 bits per heavy atom. The predicted molar refractivity (Wildman–Crippen MR) is 115 cm³/mol. The Kier molecular flexibility index (Phi) is 5.24. The molecule has 7 nitrogen and oxygen atoms in total. The highest BCUT2D eigenvalue weighted by atomic mass is 32.2. The molecule has 0 spiro atoms. The number of amides is 2. The Hall–Kier alpha value is -3.65. The first-order valence-corrected chi connectivity index (χ1v) is 9.97. The van der Waals surface area contributed by atoms with E-state index in [-0.39, 0.29) is 23.4 Å². The average molecular weight is 419 g/mol. The Labute approximate surface area is 176 Å². The van der Waals surface area contributed by atoms with Crippen LogP contribution in [0.1, 0.15) is 16.8 Å². The second-order valence-corrected chi connectivity index (χ2v) is 7.83. The molecule has 0 aliphatic carbocycles. The van der Waals surface area contributed by atoms with Crippen molar-refractivity contribution in [2.45, 2.75) is 13.5 Å². The second-order valence-electron chi connectivity index (χ2n) is 6.83. The summed E-state index contributed by atoms with van der Waals surface area (Å²) in [6.45, 7) is 2.19. The van der Waals surface area contributed by atoms with Gasteiger partial charge in [0.2, 0.25) is 0 Å². The van der Waals surface area contributed by atoms with Crippen LogP contribution in [0, 0.1) is 17.0 Å². The zero-order valence-electron chi connectivity index (χ0n) is 16.0. The monoisotopic (exact) mass is 419 g/mol. The Bertz CT molecular complexity index is 1180. The molecule has 2 amide bonds. The van der Waals surface area contributed by atoms with E-state index in [0.717, 1.165) is 28.6 Å². The van der Waals surface area contributed by atoms with Crippen LogP contribution in [0.4, 0.5) is 10.5 Å². The number of aromatic nitrogens is 1. The summed E-state index contributed by atoms with van der Waals surface area (Å²) in [6.07, 6.45) is 3.46. The van der Waals surface area contributed by atoms with Gasteiger partial charge in [-0.25, -0.2) is 0 Å². The molecule has 2 heterocycles. The first-order chi connectivity index (χ1) is 14.4. The number of hydrogen-bond donors (Lipinski definition) is 0. The number of aryl methyl sites for hydroxylation is 1. The Morgan fingerprint density at radius 1 is 1.07 bits per heavy atom. The van der Waals surface area contributed by atoms with Crippen molar-refractivity contribution in [3.63, 3.8) is 0 Å². The molecule has 0 radical (unpaired) electrons. The maximum absolute atomic E-state index is 12.8. The van der Waals surface area contributed by atoms with Crippen LogP contribution in [-0.2, 0) is 11.3 Å². The van der Waals surface area contributed by atoms with Crippen molar-refractivity contribution in [2.75, 3.05) is 0 Å². The molecule has 0 atom stereocenters. The number of non-ortho nitro benzene ring substituents is 1. The van der Waals surface area contributed by atoms with E-state index in [2.05, 4.69) is 0 Å². The molecule has 1 fully saturated rings. The first kappa shape index (κ1) is 19.7. The number of thioether (sulfide) groups is 1. The SMILES string of the molecule is Cc1cccc(CN2C(=O)S/C(=C\c3cccn3-c3ccc([N+](=O)[O-])cc3)C2=O)c1. The van der Waals surface area contributed by atoms with E-state index in [0.29, 0.717) is 10.6 Å². The molecule has 1 aromatic heterocycles. The minimum atomic E-state index is -0.454. The molecule has 0 bridgehead atoms. The number of nitrogens with zero attached hydrogens (tertiary/aromatic N) is 3. The largest absolute Gasteiger partial charge is 0.317 e. The van der Waals surface area contributed by atoms with Gasteiger partial charge in [-0.3, -0.25) is 24.6 Å². The summed E-state index contributed by atoms with van der Waals surface area (Å²) < 4.78 is 1.80. The van der Waals surface area contributed by atoms with E-state index in [1.54, 1.807) is 29.0 Å². The lowest BCUT2D eigenvalue weighted by atomic mass is 10.1. The van der Waals surface area contributed by atoms with E-state index < -0.39 is 4.92 Å². The van der Waals surface area contributed by atoms with Crippen LogP contribution in [0.15, 0.2) is 71.8 Å². The van der Waals surface area contributed by atoms with Gasteiger partial charge in [-0.15, -0.1) is 0 Å². The number of benzene rings is 2. The smallest absolute Gasteiger partial charge is 0.293 e. The third kappa shape index (κ3) is 3.90. The molecule has 1 saturated heterocycles. The first-order valence-electron chi connectivity index (χ1n) is 9.15. The molecule has 2 aromatic carbocycles. The van der Waals surface area contributed by atoms with Gasteiger partial charge in [-0.1, -0.05) is 29.8 Å². The van der Waals surface area contributed by atoms with Crippen molar-refractivity contribution in [3.05, 3.63) is 98.7 Å². The van der Waals surface area contributed by atoms with Crippen LogP contribution in [0.25, 0.3) is 11.8 Å². The zero-order valence-corrected chi connectivity index (χ0v) is 16.8. The summed E-state index contributed by atoms with van der Waals surface area (Å²) in [7, 11) is 0. The number of rotatable bonds is 5. The van der Waals surface area contributed by atoms with Gasteiger partial charge in [0.1, 0.15) is 0 Å². The number of hydrogen-bond acceptors (Lipinski definition) is 5. The molecular weight excluding hydrogens is 402 g/mol. The van der Waals surface area contributed by atoms with Gasteiger partial charge in [0.25, 0.3) is 16.8 Å². The number of carbonyl (C=O) groups excluding carboxylic acids is 2. The third-order valence-electron chi connectivity index (χ3n) is 4.69. The molecule has 0 unspecified atom stereocenters. The zero-order chi connectivity index (χ0) is 21.3. The normalized spacial score (nSPS) is 15.2. The number of imide groups is 1. The molecule has 0 saturated carbocycles. The van der Waals surface area contributed by atoms with Crippen molar-refractivity contribution in [3.8, 4) is 5.69 Å². The van der Waals surface area contributed by atoms with Crippen molar-refractivity contribution in [2.24, 2.45) is 0 Å². The highest BCUT2D eigenvalue weighted by Crippen LogP contribution is 2.33. The number of nitro groups is 1. The summed E-state index contributed by atoms with van der Waals surface area (Å²) in [5, 5.41) is 10.6. The minimum absolute atomic E-state index is 0.00437. The molecular formula is C22H17N3O4S. The van der Waals surface area contributed by atoms with Crippen molar-refractivity contribution in [1.29, 1.82) is 0 Å². The van der Waals surface area contributed by atoms with Gasteiger partial charge in [0.05, 0.1) is 16.4 Å². The molecule has 0 N–H and O–H groups in total. The minimum Gasteiger partial charge on any atom is -0.317 e. The molecule has 1 aliphatic rings. The van der Waals surface area contributed by atoms with Gasteiger partial charge < -0.3 is 4.57 Å². The highest BCUT2D eigenvalue weighted by Gasteiger charge is 2.35. The number of nitro benzene ring substituents is 1. The van der Waals surface area contributed by atoms with Gasteiger partial charge in [0.15, 0.2) is 0 Å². The fraction of sp³-hybridized carbons (Fsp3) is 0.0909. The van der Waals surface area contributed by atoms with E-state index >= 15 is 0 Å². The summed E-state index contributed by atoms with van der Waals surface area (Å²) in [5.41, 5.74) is 3.38. The molecule has 150 valence electrons. The van der Waals surface area contributed by atoms with Gasteiger partial charge in [-0.2, -0.15) is 0 Å². The molecule has 1 aliphatic heterocycles. The van der Waals surface area contributed by atoms with Crippen molar-refractivity contribution < 1.29 is 14.5 Å². The molecule has 3 aromatic rings. The van der Waals surface area contributed by atoms with Crippen LogP contribution >= 0.6 is 11.8 Å². The van der Waals surface area contributed by atoms with Gasteiger partial charge >= 0.3 is 0 Å². The lowest BCUT2D eigenvalue weighted by Crippen LogP contribution is -2.27. The average Bonchev–Trinajstić information content (AvgIpc) is 3.28. The van der Waals surface area contributed by atoms with E-state index in [4.69, 9.17) is 0 Å². The maximum atomic E-state index is 12.8. The van der Waals surface area contributed by atoms with Crippen molar-refractivity contribution >= 4 is 34.7 Å². The quantitative estimate of drug-likeness (QED) is 0.332. The summed E-state index contributed by atoms with van der Waals surface area (Å²) in [4.78, 5) is 37.2. The Balaban J connectivity index is 1.59. The highest BCUT2D eigenvalue weighted by molar-refractivity contribution is 8.18. The predicted octanol–water partition coefficient (Wildman–Crippen LogP) is 4.93.